The molecule has 126 valence electrons. The Balaban J connectivity index is 2.24. The fourth-order valence-electron chi connectivity index (χ4n) is 2.19. The van der Waals surface area contributed by atoms with Gasteiger partial charge in [0, 0.05) is 24.6 Å². The van der Waals surface area contributed by atoms with Gasteiger partial charge < -0.3 is 21.1 Å². The van der Waals surface area contributed by atoms with Crippen molar-refractivity contribution in [1.29, 1.82) is 0 Å². The number of methoxy groups -OCH3 is 1. The molecule has 0 spiro atoms. The first-order chi connectivity index (χ1) is 11.5. The largest absolute Gasteiger partial charge is 0.497 e. The normalized spacial score (nSPS) is 10.1. The molecule has 6 nitrogen and oxygen atoms in total. The molecule has 0 aliphatic rings. The minimum atomic E-state index is -0.252. The van der Waals surface area contributed by atoms with Crippen LogP contribution < -0.4 is 21.1 Å². The lowest BCUT2D eigenvalue weighted by Gasteiger charge is -2.14. The van der Waals surface area contributed by atoms with E-state index in [4.69, 9.17) is 10.5 Å². The third-order valence-electron chi connectivity index (χ3n) is 3.40. The number of hydrogen-bond donors (Lipinski definition) is 3. The molecular weight excluding hydrogens is 306 g/mol. The summed E-state index contributed by atoms with van der Waals surface area (Å²) in [5.74, 6) is 0.0987. The molecule has 2 amide bonds. The smallest absolute Gasteiger partial charge is 0.255 e. The van der Waals surface area contributed by atoms with Crippen LogP contribution in [0, 0.1) is 6.92 Å². The van der Waals surface area contributed by atoms with Gasteiger partial charge >= 0.3 is 0 Å². The number of carbonyl (C=O) groups excluding carboxylic acids is 2. The summed E-state index contributed by atoms with van der Waals surface area (Å²) in [5.41, 5.74) is 7.89. The molecule has 24 heavy (non-hydrogen) atoms. The van der Waals surface area contributed by atoms with E-state index in [1.165, 1.54) is 7.11 Å². The summed E-state index contributed by atoms with van der Waals surface area (Å²) in [6, 6.07) is 12.3. The van der Waals surface area contributed by atoms with E-state index in [9.17, 15) is 9.59 Å². The first kappa shape index (κ1) is 17.5. The van der Waals surface area contributed by atoms with E-state index in [2.05, 4.69) is 10.6 Å². The van der Waals surface area contributed by atoms with Crippen LogP contribution in [-0.4, -0.2) is 25.5 Å². The zero-order valence-corrected chi connectivity index (χ0v) is 13.8. The van der Waals surface area contributed by atoms with Gasteiger partial charge in [-0.3, -0.25) is 9.59 Å². The highest BCUT2D eigenvalue weighted by molar-refractivity contribution is 6.07. The summed E-state index contributed by atoms with van der Waals surface area (Å²) in [4.78, 5) is 24.2. The number of nitrogens with two attached hydrogens (primary N) is 1. The molecule has 0 heterocycles. The van der Waals surface area contributed by atoms with E-state index in [0.717, 1.165) is 5.56 Å². The van der Waals surface area contributed by atoms with Crippen LogP contribution in [0.3, 0.4) is 0 Å². The molecule has 0 fully saturated rings. The highest BCUT2D eigenvalue weighted by atomic mass is 16.5. The van der Waals surface area contributed by atoms with Crippen molar-refractivity contribution in [2.45, 2.75) is 13.3 Å². The highest BCUT2D eigenvalue weighted by Crippen LogP contribution is 2.27. The van der Waals surface area contributed by atoms with E-state index in [1.807, 2.05) is 19.1 Å². The van der Waals surface area contributed by atoms with E-state index in [0.29, 0.717) is 22.7 Å². The van der Waals surface area contributed by atoms with Crippen LogP contribution in [-0.2, 0) is 4.79 Å². The minimum absolute atomic E-state index is 0.197. The van der Waals surface area contributed by atoms with Gasteiger partial charge in [-0.15, -0.1) is 0 Å². The average Bonchev–Trinajstić information content (AvgIpc) is 2.56. The minimum Gasteiger partial charge on any atom is -0.497 e. The molecule has 0 atom stereocenters. The molecule has 0 saturated heterocycles. The quantitative estimate of drug-likeness (QED) is 0.760. The maximum atomic E-state index is 12.4. The Morgan fingerprint density at radius 3 is 2.54 bits per heavy atom. The van der Waals surface area contributed by atoms with Crippen molar-refractivity contribution in [2.75, 3.05) is 24.3 Å². The molecule has 2 aromatic carbocycles. The maximum Gasteiger partial charge on any atom is 0.255 e. The summed E-state index contributed by atoms with van der Waals surface area (Å²) in [5, 5.41) is 5.55. The SMILES string of the molecule is COc1ccc(NC(=O)c2cccc(C)c2)c(NC(=O)CCN)c1. The van der Waals surface area contributed by atoms with Gasteiger partial charge in [-0.2, -0.15) is 0 Å². The molecule has 0 aliphatic heterocycles. The Morgan fingerprint density at radius 2 is 1.88 bits per heavy atom. The van der Waals surface area contributed by atoms with Crippen LogP contribution in [0.2, 0.25) is 0 Å². The van der Waals surface area contributed by atoms with E-state index >= 15 is 0 Å². The third kappa shape index (κ3) is 4.57. The maximum absolute atomic E-state index is 12.4. The molecule has 0 saturated carbocycles. The number of benzene rings is 2. The van der Waals surface area contributed by atoms with Crippen molar-refractivity contribution in [3.63, 3.8) is 0 Å². The van der Waals surface area contributed by atoms with Gasteiger partial charge in [0.15, 0.2) is 0 Å². The Morgan fingerprint density at radius 1 is 1.08 bits per heavy atom. The second-order valence-corrected chi connectivity index (χ2v) is 5.32. The third-order valence-corrected chi connectivity index (χ3v) is 3.40. The molecule has 0 aromatic heterocycles. The second kappa shape index (κ2) is 8.12. The van der Waals surface area contributed by atoms with Crippen molar-refractivity contribution in [1.82, 2.24) is 0 Å². The summed E-state index contributed by atoms with van der Waals surface area (Å²) >= 11 is 0. The molecule has 0 radical (unpaired) electrons. The molecular formula is C18H21N3O3. The van der Waals surface area contributed by atoms with Crippen LogP contribution in [0.5, 0.6) is 5.75 Å². The van der Waals surface area contributed by atoms with Crippen molar-refractivity contribution >= 4 is 23.2 Å². The van der Waals surface area contributed by atoms with Crippen molar-refractivity contribution in [3.8, 4) is 5.75 Å². The zero-order valence-electron chi connectivity index (χ0n) is 13.8. The van der Waals surface area contributed by atoms with Gasteiger partial charge in [0.25, 0.3) is 5.91 Å². The number of ether oxygens (including phenoxy) is 1. The Kier molecular flexibility index (Phi) is 5.92. The van der Waals surface area contributed by atoms with Crippen LogP contribution in [0.15, 0.2) is 42.5 Å². The van der Waals surface area contributed by atoms with Crippen LogP contribution in [0.25, 0.3) is 0 Å². The zero-order chi connectivity index (χ0) is 17.5. The first-order valence-corrected chi connectivity index (χ1v) is 7.59. The van der Waals surface area contributed by atoms with Gasteiger partial charge in [0.1, 0.15) is 5.75 Å². The van der Waals surface area contributed by atoms with Gasteiger partial charge in [0.2, 0.25) is 5.91 Å². The van der Waals surface area contributed by atoms with Gasteiger partial charge in [-0.1, -0.05) is 17.7 Å². The Bertz CT molecular complexity index is 744. The number of aryl methyl sites for hydroxylation is 1. The number of amides is 2. The topological polar surface area (TPSA) is 93.5 Å². The van der Waals surface area contributed by atoms with Gasteiger partial charge in [0.05, 0.1) is 18.5 Å². The molecule has 2 rings (SSSR count). The van der Waals surface area contributed by atoms with Gasteiger partial charge in [-0.25, -0.2) is 0 Å². The predicted octanol–water partition coefficient (Wildman–Crippen LogP) is 2.54. The Hall–Kier alpha value is -2.86. The Labute approximate surface area is 141 Å². The number of carbonyl (C=O) groups is 2. The summed E-state index contributed by atoms with van der Waals surface area (Å²) < 4.78 is 5.17. The lowest BCUT2D eigenvalue weighted by atomic mass is 10.1. The second-order valence-electron chi connectivity index (χ2n) is 5.32. The summed E-state index contributed by atoms with van der Waals surface area (Å²) in [7, 11) is 1.53. The number of rotatable bonds is 6. The van der Waals surface area contributed by atoms with Gasteiger partial charge in [-0.05, 0) is 31.2 Å². The monoisotopic (exact) mass is 327 g/mol. The molecule has 0 bridgehead atoms. The highest BCUT2D eigenvalue weighted by Gasteiger charge is 2.12. The van der Waals surface area contributed by atoms with Crippen molar-refractivity contribution in [2.24, 2.45) is 5.73 Å². The predicted molar refractivity (Wildman–Crippen MR) is 94.4 cm³/mol. The average molecular weight is 327 g/mol. The van der Waals surface area contributed by atoms with E-state index in [1.54, 1.807) is 30.3 Å². The van der Waals surface area contributed by atoms with Crippen LogP contribution >= 0.6 is 0 Å². The van der Waals surface area contributed by atoms with E-state index < -0.39 is 0 Å². The number of anilines is 2. The molecule has 0 aliphatic carbocycles. The molecule has 2 aromatic rings. The fraction of sp³-hybridized carbons (Fsp3) is 0.222. The molecule has 4 N–H and O–H groups in total. The van der Waals surface area contributed by atoms with Crippen molar-refractivity contribution in [3.05, 3.63) is 53.6 Å². The van der Waals surface area contributed by atoms with Crippen LogP contribution in [0.1, 0.15) is 22.3 Å². The first-order valence-electron chi connectivity index (χ1n) is 7.59. The lowest BCUT2D eigenvalue weighted by Crippen LogP contribution is -2.19. The summed E-state index contributed by atoms with van der Waals surface area (Å²) in [6.45, 7) is 2.17. The molecule has 6 heteroatoms. The number of nitrogens with one attached hydrogen (secondary N) is 2. The van der Waals surface area contributed by atoms with Crippen LogP contribution in [0.4, 0.5) is 11.4 Å². The van der Waals surface area contributed by atoms with Crippen molar-refractivity contribution < 1.29 is 14.3 Å². The molecule has 0 unspecified atom stereocenters. The standard InChI is InChI=1S/C18H21N3O3/c1-12-4-3-5-13(10-12)18(23)21-15-7-6-14(24-2)11-16(15)20-17(22)8-9-19/h3-7,10-11H,8-9,19H2,1-2H3,(H,20,22)(H,21,23). The lowest BCUT2D eigenvalue weighted by molar-refractivity contribution is -0.116. The van der Waals surface area contributed by atoms with E-state index in [-0.39, 0.29) is 24.8 Å². The summed E-state index contributed by atoms with van der Waals surface area (Å²) in [6.07, 6.45) is 0.197. The number of hydrogen-bond acceptors (Lipinski definition) is 4. The fourth-order valence-corrected chi connectivity index (χ4v) is 2.19.